The Bertz CT molecular complexity index is 666. The number of fused-ring (bicyclic) bond motifs is 1. The summed E-state index contributed by atoms with van der Waals surface area (Å²) >= 11 is 1.71. The summed E-state index contributed by atoms with van der Waals surface area (Å²) in [6.07, 6.45) is 0.498. The van der Waals surface area contributed by atoms with E-state index in [-0.39, 0.29) is 5.56 Å². The Morgan fingerprint density at radius 2 is 1.78 bits per heavy atom. The van der Waals surface area contributed by atoms with Crippen molar-refractivity contribution in [1.29, 1.82) is 0 Å². The minimum atomic E-state index is -0.589. The van der Waals surface area contributed by atoms with Gasteiger partial charge in [-0.15, -0.1) is 0 Å². The lowest BCUT2D eigenvalue weighted by molar-refractivity contribution is 0.112. The zero-order chi connectivity index (χ0) is 12.8. The molecule has 0 amide bonds. The predicted octanol–water partition coefficient (Wildman–Crippen LogP) is 3.35. The maximum absolute atomic E-state index is 11.1. The van der Waals surface area contributed by atoms with E-state index < -0.39 is 5.63 Å². The molecule has 0 bridgehead atoms. The minimum absolute atomic E-state index is 0.0544. The first kappa shape index (κ1) is 12.3. The molecular formula is C14H10O3S. The highest BCUT2D eigenvalue weighted by atomic mass is 32.1. The molecule has 1 aromatic carbocycles. The summed E-state index contributed by atoms with van der Waals surface area (Å²) < 4.78 is 4.90. The maximum atomic E-state index is 11.1. The van der Waals surface area contributed by atoms with E-state index >= 15 is 0 Å². The summed E-state index contributed by atoms with van der Waals surface area (Å²) in [5, 5.41) is 4.84. The Hall–Kier alpha value is -2.20. The molecular weight excluding hydrogens is 248 g/mol. The Kier molecular flexibility index (Phi) is 4.04. The van der Waals surface area contributed by atoms with Gasteiger partial charge in [0.2, 0.25) is 0 Å². The van der Waals surface area contributed by atoms with Crippen LogP contribution in [0, 0.1) is 0 Å². The highest BCUT2D eigenvalue weighted by Gasteiger charge is 2.02. The third-order valence-electron chi connectivity index (χ3n) is 2.22. The molecule has 0 unspecified atom stereocenters. The normalized spacial score (nSPS) is 9.56. The standard InChI is InChI=1S/C10H6O3.C4H4S/c11-6-8-5-7-3-1-2-4-9(7)13-10(8)12;1-2-4-5-3-1/h1-6H;1-4H. The van der Waals surface area contributed by atoms with Gasteiger partial charge in [0.15, 0.2) is 6.29 Å². The lowest BCUT2D eigenvalue weighted by Gasteiger charge is -1.94. The number of aldehydes is 1. The SMILES string of the molecule is O=Cc1cc2ccccc2oc1=O.c1ccsc1. The van der Waals surface area contributed by atoms with Crippen molar-refractivity contribution in [1.82, 2.24) is 0 Å². The van der Waals surface area contributed by atoms with Crippen LogP contribution in [0.3, 0.4) is 0 Å². The fourth-order valence-corrected chi connectivity index (χ4v) is 1.84. The molecule has 0 fully saturated rings. The van der Waals surface area contributed by atoms with Crippen LogP contribution >= 0.6 is 11.3 Å². The van der Waals surface area contributed by atoms with Crippen molar-refractivity contribution in [3.8, 4) is 0 Å². The summed E-state index contributed by atoms with van der Waals surface area (Å²) in [6, 6.07) is 12.6. The lowest BCUT2D eigenvalue weighted by Crippen LogP contribution is -2.05. The van der Waals surface area contributed by atoms with Crippen LogP contribution in [0.1, 0.15) is 10.4 Å². The number of thiophene rings is 1. The highest BCUT2D eigenvalue weighted by molar-refractivity contribution is 7.07. The van der Waals surface area contributed by atoms with E-state index in [0.717, 1.165) is 5.39 Å². The van der Waals surface area contributed by atoms with Gasteiger partial charge in [0, 0.05) is 5.39 Å². The van der Waals surface area contributed by atoms with Crippen molar-refractivity contribution < 1.29 is 9.21 Å². The summed E-state index contributed by atoms with van der Waals surface area (Å²) in [7, 11) is 0. The molecule has 3 aromatic rings. The van der Waals surface area contributed by atoms with Gasteiger partial charge in [-0.1, -0.05) is 30.3 Å². The van der Waals surface area contributed by atoms with Crippen molar-refractivity contribution in [2.45, 2.75) is 0 Å². The number of carbonyl (C=O) groups excluding carboxylic acids is 1. The molecule has 0 spiro atoms. The molecule has 0 aliphatic carbocycles. The van der Waals surface area contributed by atoms with Crippen molar-refractivity contribution in [3.05, 3.63) is 69.2 Å². The monoisotopic (exact) mass is 258 g/mol. The van der Waals surface area contributed by atoms with Gasteiger partial charge in [0.1, 0.15) is 11.1 Å². The van der Waals surface area contributed by atoms with E-state index in [1.807, 2.05) is 29.0 Å². The Labute approximate surface area is 107 Å². The van der Waals surface area contributed by atoms with Crippen LogP contribution in [-0.4, -0.2) is 6.29 Å². The molecule has 0 aliphatic rings. The molecule has 0 atom stereocenters. The molecule has 0 N–H and O–H groups in total. The molecule has 3 rings (SSSR count). The van der Waals surface area contributed by atoms with Crippen LogP contribution in [0.2, 0.25) is 0 Å². The van der Waals surface area contributed by atoms with Gasteiger partial charge in [-0.3, -0.25) is 4.79 Å². The number of rotatable bonds is 1. The highest BCUT2D eigenvalue weighted by Crippen LogP contribution is 2.11. The second-order valence-electron chi connectivity index (χ2n) is 3.44. The van der Waals surface area contributed by atoms with Crippen LogP contribution in [0.4, 0.5) is 0 Å². The predicted molar refractivity (Wildman–Crippen MR) is 72.2 cm³/mol. The van der Waals surface area contributed by atoms with Gasteiger partial charge < -0.3 is 4.42 Å². The lowest BCUT2D eigenvalue weighted by atomic mass is 10.2. The van der Waals surface area contributed by atoms with E-state index in [4.69, 9.17) is 4.42 Å². The van der Waals surface area contributed by atoms with Crippen LogP contribution in [0.25, 0.3) is 11.0 Å². The van der Waals surface area contributed by atoms with Gasteiger partial charge >= 0.3 is 5.63 Å². The molecule has 4 heteroatoms. The van der Waals surface area contributed by atoms with E-state index in [1.54, 1.807) is 29.5 Å². The van der Waals surface area contributed by atoms with Crippen molar-refractivity contribution in [2.24, 2.45) is 0 Å². The second kappa shape index (κ2) is 5.93. The fraction of sp³-hybridized carbons (Fsp3) is 0. The van der Waals surface area contributed by atoms with E-state index in [2.05, 4.69) is 0 Å². The molecule has 0 radical (unpaired) electrons. The molecule has 0 saturated carbocycles. The zero-order valence-corrected chi connectivity index (χ0v) is 10.2. The first-order valence-electron chi connectivity index (χ1n) is 5.26. The van der Waals surface area contributed by atoms with Crippen LogP contribution < -0.4 is 5.63 Å². The summed E-state index contributed by atoms with van der Waals surface area (Å²) in [5.74, 6) is 0. The van der Waals surface area contributed by atoms with Gasteiger partial charge in [0.25, 0.3) is 0 Å². The van der Waals surface area contributed by atoms with Crippen LogP contribution in [0.15, 0.2) is 62.4 Å². The zero-order valence-electron chi connectivity index (χ0n) is 9.41. The minimum Gasteiger partial charge on any atom is -0.422 e. The molecule has 2 aromatic heterocycles. The average Bonchev–Trinajstić information content (AvgIpc) is 2.97. The Morgan fingerprint density at radius 3 is 2.39 bits per heavy atom. The third kappa shape index (κ3) is 2.93. The number of para-hydroxylation sites is 1. The molecule has 2 heterocycles. The fourth-order valence-electron chi connectivity index (χ4n) is 1.39. The topological polar surface area (TPSA) is 47.3 Å². The number of hydrogen-bond donors (Lipinski definition) is 0. The van der Waals surface area contributed by atoms with Crippen LogP contribution in [0.5, 0.6) is 0 Å². The first-order valence-corrected chi connectivity index (χ1v) is 6.21. The van der Waals surface area contributed by atoms with E-state index in [9.17, 15) is 9.59 Å². The first-order chi connectivity index (χ1) is 8.81. The van der Waals surface area contributed by atoms with Gasteiger partial charge in [-0.25, -0.2) is 4.79 Å². The van der Waals surface area contributed by atoms with Gasteiger partial charge in [-0.05, 0) is 22.9 Å². The third-order valence-corrected chi connectivity index (χ3v) is 2.85. The van der Waals surface area contributed by atoms with Gasteiger partial charge in [0.05, 0.1) is 0 Å². The second-order valence-corrected chi connectivity index (χ2v) is 4.25. The van der Waals surface area contributed by atoms with Crippen molar-refractivity contribution >= 4 is 28.6 Å². The molecule has 0 saturated heterocycles. The largest absolute Gasteiger partial charge is 0.422 e. The molecule has 3 nitrogen and oxygen atoms in total. The number of benzene rings is 1. The quantitative estimate of drug-likeness (QED) is 0.496. The summed E-state index contributed by atoms with van der Waals surface area (Å²) in [6.45, 7) is 0. The van der Waals surface area contributed by atoms with Gasteiger partial charge in [-0.2, -0.15) is 11.3 Å². The van der Waals surface area contributed by atoms with Crippen molar-refractivity contribution in [2.75, 3.05) is 0 Å². The van der Waals surface area contributed by atoms with E-state index in [1.165, 1.54) is 6.07 Å². The maximum Gasteiger partial charge on any atom is 0.346 e. The Balaban J connectivity index is 0.000000202. The number of carbonyl (C=O) groups is 1. The smallest absolute Gasteiger partial charge is 0.346 e. The van der Waals surface area contributed by atoms with E-state index in [0.29, 0.717) is 11.9 Å². The molecule has 90 valence electrons. The average molecular weight is 258 g/mol. The number of hydrogen-bond acceptors (Lipinski definition) is 4. The Morgan fingerprint density at radius 1 is 1.06 bits per heavy atom. The molecule has 18 heavy (non-hydrogen) atoms. The van der Waals surface area contributed by atoms with Crippen molar-refractivity contribution in [3.63, 3.8) is 0 Å². The summed E-state index contributed by atoms with van der Waals surface area (Å²) in [5.41, 5.74) is -0.0366. The van der Waals surface area contributed by atoms with Crippen LogP contribution in [-0.2, 0) is 0 Å². The summed E-state index contributed by atoms with van der Waals surface area (Å²) in [4.78, 5) is 21.5. The molecule has 0 aliphatic heterocycles.